The quantitative estimate of drug-likeness (QED) is 0.320. The SMILES string of the molecule is NC(N)=NCC(O)CNCC(O)COc1cccc2ccccc12. The number of aliphatic hydroxyl groups is 2. The first-order valence-electron chi connectivity index (χ1n) is 7.79. The summed E-state index contributed by atoms with van der Waals surface area (Å²) >= 11 is 0. The van der Waals surface area contributed by atoms with Gasteiger partial charge in [0.25, 0.3) is 0 Å². The van der Waals surface area contributed by atoms with Crippen molar-refractivity contribution in [3.05, 3.63) is 42.5 Å². The predicted molar refractivity (Wildman–Crippen MR) is 95.0 cm³/mol. The summed E-state index contributed by atoms with van der Waals surface area (Å²) in [6.45, 7) is 0.856. The van der Waals surface area contributed by atoms with Gasteiger partial charge < -0.3 is 31.7 Å². The van der Waals surface area contributed by atoms with Gasteiger partial charge in [-0.3, -0.25) is 4.99 Å². The topological polar surface area (TPSA) is 126 Å². The number of aliphatic hydroxyl groups excluding tert-OH is 2. The van der Waals surface area contributed by atoms with Crippen LogP contribution >= 0.6 is 0 Å². The second-order valence-corrected chi connectivity index (χ2v) is 5.52. The van der Waals surface area contributed by atoms with Gasteiger partial charge in [0.15, 0.2) is 5.96 Å². The van der Waals surface area contributed by atoms with E-state index in [0.29, 0.717) is 6.54 Å². The van der Waals surface area contributed by atoms with Crippen molar-refractivity contribution in [3.8, 4) is 5.75 Å². The van der Waals surface area contributed by atoms with Crippen molar-refractivity contribution in [1.82, 2.24) is 5.32 Å². The zero-order valence-electron chi connectivity index (χ0n) is 13.4. The standard InChI is InChI=1S/C17H24N4O3/c18-17(19)21-10-13(22)8-20-9-14(23)11-24-16-7-3-5-12-4-1-2-6-15(12)16/h1-7,13-14,20,22-23H,8-11H2,(H4,18,19,21). The summed E-state index contributed by atoms with van der Waals surface area (Å²) in [6.07, 6.45) is -1.41. The van der Waals surface area contributed by atoms with Gasteiger partial charge in [-0.05, 0) is 11.5 Å². The van der Waals surface area contributed by atoms with Crippen LogP contribution in [0.5, 0.6) is 5.75 Å². The van der Waals surface area contributed by atoms with Crippen LogP contribution in [0.4, 0.5) is 0 Å². The molecule has 7 nitrogen and oxygen atoms in total. The largest absolute Gasteiger partial charge is 0.490 e. The molecule has 0 bridgehead atoms. The van der Waals surface area contributed by atoms with E-state index in [1.54, 1.807) is 0 Å². The molecule has 0 heterocycles. The molecular formula is C17H24N4O3. The van der Waals surface area contributed by atoms with Crippen LogP contribution in [-0.4, -0.2) is 54.6 Å². The van der Waals surface area contributed by atoms with Crippen LogP contribution in [0.25, 0.3) is 10.8 Å². The summed E-state index contributed by atoms with van der Waals surface area (Å²) in [7, 11) is 0. The van der Waals surface area contributed by atoms with E-state index in [0.717, 1.165) is 16.5 Å². The van der Waals surface area contributed by atoms with E-state index < -0.39 is 12.2 Å². The minimum atomic E-state index is -0.710. The smallest absolute Gasteiger partial charge is 0.185 e. The Morgan fingerprint density at radius 3 is 2.54 bits per heavy atom. The lowest BCUT2D eigenvalue weighted by atomic mass is 10.1. The number of ether oxygens (including phenoxy) is 1. The number of fused-ring (bicyclic) bond motifs is 1. The van der Waals surface area contributed by atoms with Crippen LogP contribution in [0.3, 0.4) is 0 Å². The Morgan fingerprint density at radius 1 is 1.04 bits per heavy atom. The van der Waals surface area contributed by atoms with E-state index in [4.69, 9.17) is 16.2 Å². The summed E-state index contributed by atoms with van der Waals surface area (Å²) in [5, 5.41) is 24.7. The fourth-order valence-electron chi connectivity index (χ4n) is 2.26. The lowest BCUT2D eigenvalue weighted by Crippen LogP contribution is -2.37. The average molecular weight is 332 g/mol. The molecule has 0 aliphatic heterocycles. The average Bonchev–Trinajstić information content (AvgIpc) is 2.58. The molecule has 0 saturated carbocycles. The second-order valence-electron chi connectivity index (χ2n) is 5.52. The molecule has 0 radical (unpaired) electrons. The summed E-state index contributed by atoms with van der Waals surface area (Å²) in [6, 6.07) is 13.7. The number of nitrogens with zero attached hydrogens (tertiary/aromatic N) is 1. The maximum Gasteiger partial charge on any atom is 0.185 e. The Hall–Kier alpha value is -2.35. The Labute approximate surface area is 140 Å². The molecule has 0 spiro atoms. The van der Waals surface area contributed by atoms with Crippen LogP contribution in [-0.2, 0) is 0 Å². The van der Waals surface area contributed by atoms with Crippen molar-refractivity contribution in [2.75, 3.05) is 26.2 Å². The summed E-state index contributed by atoms with van der Waals surface area (Å²) in [4.78, 5) is 3.72. The number of benzene rings is 2. The lowest BCUT2D eigenvalue weighted by molar-refractivity contribution is 0.101. The molecule has 2 aromatic carbocycles. The molecule has 0 aromatic heterocycles. The molecule has 2 aromatic rings. The molecule has 130 valence electrons. The fraction of sp³-hybridized carbons (Fsp3) is 0.353. The molecule has 7 N–H and O–H groups in total. The third-order valence-electron chi connectivity index (χ3n) is 3.43. The monoisotopic (exact) mass is 332 g/mol. The minimum Gasteiger partial charge on any atom is -0.490 e. The van der Waals surface area contributed by atoms with Gasteiger partial charge in [-0.15, -0.1) is 0 Å². The predicted octanol–water partition coefficient (Wildman–Crippen LogP) is -0.197. The molecule has 7 heteroatoms. The zero-order chi connectivity index (χ0) is 17.4. The van der Waals surface area contributed by atoms with Gasteiger partial charge in [-0.2, -0.15) is 0 Å². The van der Waals surface area contributed by atoms with Crippen molar-refractivity contribution >= 4 is 16.7 Å². The van der Waals surface area contributed by atoms with Gasteiger partial charge in [0.1, 0.15) is 18.5 Å². The lowest BCUT2D eigenvalue weighted by Gasteiger charge is -2.15. The first-order valence-corrected chi connectivity index (χ1v) is 7.79. The van der Waals surface area contributed by atoms with Crippen molar-refractivity contribution in [2.24, 2.45) is 16.5 Å². The molecular weight excluding hydrogens is 308 g/mol. The van der Waals surface area contributed by atoms with Crippen LogP contribution in [0.1, 0.15) is 0 Å². The van der Waals surface area contributed by atoms with Crippen molar-refractivity contribution < 1.29 is 14.9 Å². The maximum absolute atomic E-state index is 9.98. The van der Waals surface area contributed by atoms with Crippen LogP contribution in [0, 0.1) is 0 Å². The van der Waals surface area contributed by atoms with Gasteiger partial charge in [0.05, 0.1) is 12.6 Å². The molecule has 0 aliphatic rings. The highest BCUT2D eigenvalue weighted by Gasteiger charge is 2.09. The molecule has 24 heavy (non-hydrogen) atoms. The fourth-order valence-corrected chi connectivity index (χ4v) is 2.26. The van der Waals surface area contributed by atoms with Gasteiger partial charge in [0.2, 0.25) is 0 Å². The molecule has 0 amide bonds. The highest BCUT2D eigenvalue weighted by molar-refractivity contribution is 5.88. The van der Waals surface area contributed by atoms with Gasteiger partial charge >= 0.3 is 0 Å². The van der Waals surface area contributed by atoms with Gasteiger partial charge in [-0.25, -0.2) is 0 Å². The summed E-state index contributed by atoms with van der Waals surface area (Å²) in [5.74, 6) is 0.678. The van der Waals surface area contributed by atoms with Crippen LogP contribution in [0.15, 0.2) is 47.5 Å². The number of nitrogens with two attached hydrogens (primary N) is 2. The van der Waals surface area contributed by atoms with E-state index in [1.165, 1.54) is 0 Å². The molecule has 0 fully saturated rings. The Kier molecular flexibility index (Phi) is 6.80. The van der Waals surface area contributed by atoms with E-state index in [9.17, 15) is 10.2 Å². The second kappa shape index (κ2) is 9.07. The summed E-state index contributed by atoms with van der Waals surface area (Å²) in [5.41, 5.74) is 10.4. The minimum absolute atomic E-state index is 0.0578. The highest BCUT2D eigenvalue weighted by Crippen LogP contribution is 2.25. The molecule has 0 aliphatic carbocycles. The first-order chi connectivity index (χ1) is 11.6. The van der Waals surface area contributed by atoms with E-state index in [2.05, 4.69) is 10.3 Å². The first kappa shape index (κ1) is 18.0. The number of guanidine groups is 1. The molecule has 0 saturated heterocycles. The van der Waals surface area contributed by atoms with Crippen molar-refractivity contribution in [2.45, 2.75) is 12.2 Å². The van der Waals surface area contributed by atoms with Crippen molar-refractivity contribution in [1.29, 1.82) is 0 Å². The van der Waals surface area contributed by atoms with Crippen molar-refractivity contribution in [3.63, 3.8) is 0 Å². The van der Waals surface area contributed by atoms with Crippen LogP contribution < -0.4 is 21.5 Å². The zero-order valence-corrected chi connectivity index (χ0v) is 13.4. The van der Waals surface area contributed by atoms with E-state index >= 15 is 0 Å². The molecule has 2 rings (SSSR count). The number of hydrogen-bond donors (Lipinski definition) is 5. The maximum atomic E-state index is 9.98. The number of aliphatic imine (C=N–C) groups is 1. The normalized spacial score (nSPS) is 13.4. The van der Waals surface area contributed by atoms with Gasteiger partial charge in [0, 0.05) is 18.5 Å². The highest BCUT2D eigenvalue weighted by atomic mass is 16.5. The number of rotatable bonds is 9. The Morgan fingerprint density at radius 2 is 1.75 bits per heavy atom. The van der Waals surface area contributed by atoms with E-state index in [-0.39, 0.29) is 25.7 Å². The van der Waals surface area contributed by atoms with Crippen LogP contribution in [0.2, 0.25) is 0 Å². The Balaban J connectivity index is 1.75. The molecule has 2 atom stereocenters. The summed E-state index contributed by atoms with van der Waals surface area (Å²) < 4.78 is 5.71. The molecule has 2 unspecified atom stereocenters. The number of hydrogen-bond acceptors (Lipinski definition) is 5. The number of nitrogens with one attached hydrogen (secondary N) is 1. The van der Waals surface area contributed by atoms with Gasteiger partial charge in [-0.1, -0.05) is 36.4 Å². The third kappa shape index (κ3) is 5.69. The third-order valence-corrected chi connectivity index (χ3v) is 3.43. The Bertz CT molecular complexity index is 668. The van der Waals surface area contributed by atoms with E-state index in [1.807, 2.05) is 42.5 Å².